The van der Waals surface area contributed by atoms with Gasteiger partial charge in [-0.3, -0.25) is 9.48 Å². The number of amides is 1. The van der Waals surface area contributed by atoms with Crippen LogP contribution in [0.25, 0.3) is 10.6 Å². The van der Waals surface area contributed by atoms with Crippen LogP contribution in [0.4, 0.5) is 0 Å². The molecule has 2 aromatic heterocycles. The standard InChI is InChI=1S/C17H17ClN4OS/c1-3-13-14(18)15(22(2)21-13)16(23)19-9-12-10-24-17(20-12)11-7-5-4-6-8-11/h4-8,10H,3,9H2,1-2H3,(H,19,23). The molecule has 2 heterocycles. The van der Waals surface area contributed by atoms with Gasteiger partial charge in [-0.25, -0.2) is 4.98 Å². The zero-order valence-corrected chi connectivity index (χ0v) is 15.0. The summed E-state index contributed by atoms with van der Waals surface area (Å²) in [6.07, 6.45) is 0.687. The summed E-state index contributed by atoms with van der Waals surface area (Å²) in [5.41, 5.74) is 3.00. The largest absolute Gasteiger partial charge is 0.345 e. The molecule has 124 valence electrons. The second-order valence-corrected chi connectivity index (χ2v) is 6.52. The molecule has 0 bridgehead atoms. The van der Waals surface area contributed by atoms with Crippen molar-refractivity contribution in [2.24, 2.45) is 7.05 Å². The van der Waals surface area contributed by atoms with Crippen LogP contribution in [0.5, 0.6) is 0 Å². The van der Waals surface area contributed by atoms with Gasteiger partial charge in [0.2, 0.25) is 0 Å². The molecule has 1 N–H and O–H groups in total. The van der Waals surface area contributed by atoms with E-state index in [1.54, 1.807) is 18.4 Å². The maximum absolute atomic E-state index is 12.4. The fourth-order valence-corrected chi connectivity index (χ4v) is 3.59. The fraction of sp³-hybridized carbons (Fsp3) is 0.235. The van der Waals surface area contributed by atoms with Crippen molar-refractivity contribution in [3.8, 4) is 10.6 Å². The first-order chi connectivity index (χ1) is 11.6. The Morgan fingerprint density at radius 1 is 1.33 bits per heavy atom. The minimum atomic E-state index is -0.246. The van der Waals surface area contributed by atoms with Crippen molar-refractivity contribution >= 4 is 28.8 Å². The van der Waals surface area contributed by atoms with Crippen LogP contribution in [-0.4, -0.2) is 20.7 Å². The van der Waals surface area contributed by atoms with E-state index in [-0.39, 0.29) is 5.91 Å². The number of carbonyl (C=O) groups is 1. The number of aromatic nitrogens is 3. The number of carbonyl (C=O) groups excluding carboxylic acids is 1. The minimum absolute atomic E-state index is 0.246. The molecular weight excluding hydrogens is 344 g/mol. The molecule has 1 amide bonds. The minimum Gasteiger partial charge on any atom is -0.345 e. The van der Waals surface area contributed by atoms with Gasteiger partial charge in [-0.1, -0.05) is 48.9 Å². The van der Waals surface area contributed by atoms with E-state index in [4.69, 9.17) is 11.6 Å². The van der Waals surface area contributed by atoms with Crippen LogP contribution < -0.4 is 5.32 Å². The van der Waals surface area contributed by atoms with E-state index < -0.39 is 0 Å². The normalized spacial score (nSPS) is 10.8. The highest BCUT2D eigenvalue weighted by molar-refractivity contribution is 7.13. The summed E-state index contributed by atoms with van der Waals surface area (Å²) < 4.78 is 1.52. The number of nitrogens with one attached hydrogen (secondary N) is 1. The Morgan fingerprint density at radius 3 is 2.75 bits per heavy atom. The molecule has 24 heavy (non-hydrogen) atoms. The zero-order chi connectivity index (χ0) is 17.1. The van der Waals surface area contributed by atoms with E-state index in [2.05, 4.69) is 15.4 Å². The van der Waals surface area contributed by atoms with Gasteiger partial charge >= 0.3 is 0 Å². The molecule has 0 aliphatic heterocycles. The summed E-state index contributed by atoms with van der Waals surface area (Å²) in [4.78, 5) is 16.9. The Kier molecular flexibility index (Phi) is 4.97. The predicted molar refractivity (Wildman–Crippen MR) is 96.3 cm³/mol. The summed E-state index contributed by atoms with van der Waals surface area (Å²) in [7, 11) is 1.72. The molecule has 7 heteroatoms. The summed E-state index contributed by atoms with van der Waals surface area (Å²) in [5.74, 6) is -0.246. The number of aryl methyl sites for hydroxylation is 2. The van der Waals surface area contributed by atoms with Crippen molar-refractivity contribution in [3.05, 3.63) is 57.8 Å². The number of nitrogens with zero attached hydrogens (tertiary/aromatic N) is 3. The smallest absolute Gasteiger partial charge is 0.271 e. The molecule has 0 unspecified atom stereocenters. The molecule has 1 aromatic carbocycles. The third kappa shape index (κ3) is 3.34. The highest BCUT2D eigenvalue weighted by Gasteiger charge is 2.19. The van der Waals surface area contributed by atoms with Crippen LogP contribution >= 0.6 is 22.9 Å². The van der Waals surface area contributed by atoms with Crippen molar-refractivity contribution in [3.63, 3.8) is 0 Å². The topological polar surface area (TPSA) is 59.8 Å². The summed E-state index contributed by atoms with van der Waals surface area (Å²) >= 11 is 7.79. The number of thiazole rings is 1. The SMILES string of the molecule is CCc1nn(C)c(C(=O)NCc2csc(-c3ccccc3)n2)c1Cl. The van der Waals surface area contributed by atoms with E-state index in [1.807, 2.05) is 42.6 Å². The van der Waals surface area contributed by atoms with Crippen LogP contribution in [0.1, 0.15) is 28.8 Å². The van der Waals surface area contributed by atoms with E-state index in [1.165, 1.54) is 4.68 Å². The zero-order valence-electron chi connectivity index (χ0n) is 13.4. The van der Waals surface area contributed by atoms with Crippen molar-refractivity contribution in [1.29, 1.82) is 0 Å². The third-order valence-electron chi connectivity index (χ3n) is 3.61. The lowest BCUT2D eigenvalue weighted by atomic mass is 10.2. The number of hydrogen-bond acceptors (Lipinski definition) is 4. The third-order valence-corrected chi connectivity index (χ3v) is 4.95. The lowest BCUT2D eigenvalue weighted by Gasteiger charge is -2.04. The Balaban J connectivity index is 1.69. The second-order valence-electron chi connectivity index (χ2n) is 5.28. The molecule has 3 aromatic rings. The van der Waals surface area contributed by atoms with Gasteiger partial charge in [0.05, 0.1) is 23.0 Å². The van der Waals surface area contributed by atoms with Crippen LogP contribution in [0.2, 0.25) is 5.02 Å². The predicted octanol–water partition coefficient (Wildman–Crippen LogP) is 3.69. The summed E-state index contributed by atoms with van der Waals surface area (Å²) in [6.45, 7) is 2.31. The lowest BCUT2D eigenvalue weighted by Crippen LogP contribution is -2.25. The maximum atomic E-state index is 12.4. The van der Waals surface area contributed by atoms with Crippen LogP contribution in [-0.2, 0) is 20.0 Å². The Morgan fingerprint density at radius 2 is 2.08 bits per heavy atom. The van der Waals surface area contributed by atoms with Crippen LogP contribution in [0.3, 0.4) is 0 Å². The number of rotatable bonds is 5. The Labute approximate surface area is 149 Å². The summed E-state index contributed by atoms with van der Waals surface area (Å²) in [6, 6.07) is 9.97. The van der Waals surface area contributed by atoms with Gasteiger partial charge in [0.15, 0.2) is 0 Å². The van der Waals surface area contributed by atoms with E-state index in [0.29, 0.717) is 23.7 Å². The lowest BCUT2D eigenvalue weighted by molar-refractivity contribution is 0.0941. The highest BCUT2D eigenvalue weighted by atomic mass is 35.5. The Bertz CT molecular complexity index is 857. The molecule has 0 spiro atoms. The van der Waals surface area contributed by atoms with Gasteiger partial charge in [0.25, 0.3) is 5.91 Å². The molecule has 0 fully saturated rings. The van der Waals surface area contributed by atoms with E-state index in [9.17, 15) is 4.79 Å². The number of hydrogen-bond donors (Lipinski definition) is 1. The fourth-order valence-electron chi connectivity index (χ4n) is 2.38. The first-order valence-electron chi connectivity index (χ1n) is 7.59. The summed E-state index contributed by atoms with van der Waals surface area (Å²) in [5, 5.41) is 10.4. The van der Waals surface area contributed by atoms with Gasteiger partial charge in [0.1, 0.15) is 10.7 Å². The van der Waals surface area contributed by atoms with E-state index >= 15 is 0 Å². The molecule has 0 aliphatic rings. The molecule has 0 saturated heterocycles. The van der Waals surface area contributed by atoms with Gasteiger partial charge in [-0.15, -0.1) is 11.3 Å². The molecule has 0 saturated carbocycles. The second kappa shape index (κ2) is 7.15. The molecule has 0 aliphatic carbocycles. The maximum Gasteiger partial charge on any atom is 0.271 e. The quantitative estimate of drug-likeness (QED) is 0.754. The molecule has 3 rings (SSSR count). The molecule has 0 radical (unpaired) electrons. The molecule has 0 atom stereocenters. The average Bonchev–Trinajstić information content (AvgIpc) is 3.18. The van der Waals surface area contributed by atoms with Crippen molar-refractivity contribution in [2.75, 3.05) is 0 Å². The monoisotopic (exact) mass is 360 g/mol. The van der Waals surface area contributed by atoms with Gasteiger partial charge in [-0.2, -0.15) is 5.10 Å². The van der Waals surface area contributed by atoms with Gasteiger partial charge in [0, 0.05) is 18.0 Å². The van der Waals surface area contributed by atoms with Crippen LogP contribution in [0, 0.1) is 0 Å². The van der Waals surface area contributed by atoms with Gasteiger partial charge < -0.3 is 5.32 Å². The molecule has 5 nitrogen and oxygen atoms in total. The Hall–Kier alpha value is -2.18. The average molecular weight is 361 g/mol. The number of halogens is 1. The van der Waals surface area contributed by atoms with Crippen molar-refractivity contribution < 1.29 is 4.79 Å². The first-order valence-corrected chi connectivity index (χ1v) is 8.85. The van der Waals surface area contributed by atoms with Gasteiger partial charge in [-0.05, 0) is 6.42 Å². The highest BCUT2D eigenvalue weighted by Crippen LogP contribution is 2.24. The van der Waals surface area contributed by atoms with Crippen LogP contribution in [0.15, 0.2) is 35.7 Å². The number of benzene rings is 1. The van der Waals surface area contributed by atoms with Crippen molar-refractivity contribution in [1.82, 2.24) is 20.1 Å². The van der Waals surface area contributed by atoms with Crippen molar-refractivity contribution in [2.45, 2.75) is 19.9 Å². The van der Waals surface area contributed by atoms with E-state index in [0.717, 1.165) is 22.0 Å². The first kappa shape index (κ1) is 16.7. The molecular formula is C17H17ClN4OS.